The van der Waals surface area contributed by atoms with E-state index in [4.69, 9.17) is 0 Å². The van der Waals surface area contributed by atoms with Crippen LogP contribution in [-0.4, -0.2) is 48.3 Å². The fourth-order valence-corrected chi connectivity index (χ4v) is 3.34. The van der Waals surface area contributed by atoms with Crippen LogP contribution in [0.15, 0.2) is 0 Å². The van der Waals surface area contributed by atoms with Crippen molar-refractivity contribution in [3.63, 3.8) is 0 Å². The van der Waals surface area contributed by atoms with Gasteiger partial charge < -0.3 is 15.3 Å². The van der Waals surface area contributed by atoms with Crippen LogP contribution in [0.5, 0.6) is 0 Å². The largest absolute Gasteiger partial charge is 0.394 e. The third-order valence-corrected chi connectivity index (χ3v) is 4.84. The van der Waals surface area contributed by atoms with Crippen molar-refractivity contribution in [1.82, 2.24) is 10.2 Å². The zero-order chi connectivity index (χ0) is 14.1. The van der Waals surface area contributed by atoms with Gasteiger partial charge in [0.05, 0.1) is 6.61 Å². The number of aliphatic hydroxyl groups is 1. The Balaban J connectivity index is 2.31. The molecule has 2 unspecified atom stereocenters. The molecule has 0 aromatic carbocycles. The zero-order valence-electron chi connectivity index (χ0n) is 13.2. The van der Waals surface area contributed by atoms with Crippen LogP contribution < -0.4 is 5.32 Å². The minimum Gasteiger partial charge on any atom is -0.394 e. The standard InChI is InChI=1S/C16H34N2O/c1-4-15-9-7-11-18(13-15)12-8-10-16(5-2,14-19)17-6-3/h15,17,19H,4-14H2,1-3H3. The third-order valence-electron chi connectivity index (χ3n) is 4.84. The monoisotopic (exact) mass is 270 g/mol. The van der Waals surface area contributed by atoms with E-state index in [-0.39, 0.29) is 12.1 Å². The van der Waals surface area contributed by atoms with E-state index in [2.05, 4.69) is 31.0 Å². The van der Waals surface area contributed by atoms with E-state index in [1.807, 2.05) is 0 Å². The maximum atomic E-state index is 9.65. The predicted molar refractivity (Wildman–Crippen MR) is 82.5 cm³/mol. The molecule has 3 heteroatoms. The van der Waals surface area contributed by atoms with Crippen LogP contribution in [0, 0.1) is 5.92 Å². The smallest absolute Gasteiger partial charge is 0.0613 e. The Morgan fingerprint density at radius 2 is 2.11 bits per heavy atom. The highest BCUT2D eigenvalue weighted by atomic mass is 16.3. The minimum atomic E-state index is -0.0469. The lowest BCUT2D eigenvalue weighted by Crippen LogP contribution is -2.48. The van der Waals surface area contributed by atoms with Gasteiger partial charge >= 0.3 is 0 Å². The molecule has 114 valence electrons. The second kappa shape index (κ2) is 8.93. The molecule has 19 heavy (non-hydrogen) atoms. The highest BCUT2D eigenvalue weighted by Crippen LogP contribution is 2.21. The molecule has 1 saturated heterocycles. The molecular formula is C16H34N2O. The number of likely N-dealkylation sites (N-methyl/N-ethyl adjacent to an activating group) is 1. The number of nitrogens with one attached hydrogen (secondary N) is 1. The van der Waals surface area contributed by atoms with Gasteiger partial charge in [0.2, 0.25) is 0 Å². The van der Waals surface area contributed by atoms with E-state index in [0.29, 0.717) is 0 Å². The van der Waals surface area contributed by atoms with E-state index >= 15 is 0 Å². The highest BCUT2D eigenvalue weighted by molar-refractivity contribution is 4.86. The number of aliphatic hydroxyl groups excluding tert-OH is 1. The van der Waals surface area contributed by atoms with Crippen molar-refractivity contribution >= 4 is 0 Å². The molecule has 0 aliphatic carbocycles. The van der Waals surface area contributed by atoms with E-state index in [0.717, 1.165) is 25.3 Å². The molecular weight excluding hydrogens is 236 g/mol. The molecule has 2 atom stereocenters. The molecule has 0 spiro atoms. The summed E-state index contributed by atoms with van der Waals surface area (Å²) in [7, 11) is 0. The summed E-state index contributed by atoms with van der Waals surface area (Å²) < 4.78 is 0. The van der Waals surface area contributed by atoms with Crippen LogP contribution in [0.4, 0.5) is 0 Å². The Hall–Kier alpha value is -0.120. The fourth-order valence-electron chi connectivity index (χ4n) is 3.34. The Kier molecular flexibility index (Phi) is 7.96. The molecule has 2 N–H and O–H groups in total. The number of rotatable bonds is 9. The fraction of sp³-hybridized carbons (Fsp3) is 1.00. The zero-order valence-corrected chi connectivity index (χ0v) is 13.2. The van der Waals surface area contributed by atoms with Crippen molar-refractivity contribution in [2.75, 3.05) is 32.8 Å². The van der Waals surface area contributed by atoms with E-state index in [1.54, 1.807) is 0 Å². The van der Waals surface area contributed by atoms with Crippen LogP contribution in [0.1, 0.15) is 59.3 Å². The molecule has 0 aromatic rings. The summed E-state index contributed by atoms with van der Waals surface area (Å²) in [6.07, 6.45) is 7.39. The van der Waals surface area contributed by atoms with E-state index < -0.39 is 0 Å². The summed E-state index contributed by atoms with van der Waals surface area (Å²) in [6.45, 7) is 11.6. The number of nitrogens with zero attached hydrogens (tertiary/aromatic N) is 1. The normalized spacial score (nSPS) is 24.3. The van der Waals surface area contributed by atoms with Crippen molar-refractivity contribution in [1.29, 1.82) is 0 Å². The van der Waals surface area contributed by atoms with Gasteiger partial charge in [-0.15, -0.1) is 0 Å². The number of likely N-dealkylation sites (tertiary alicyclic amines) is 1. The average Bonchev–Trinajstić information content (AvgIpc) is 2.46. The molecule has 0 radical (unpaired) electrons. The lowest BCUT2D eigenvalue weighted by atomic mass is 9.90. The molecule has 1 heterocycles. The van der Waals surface area contributed by atoms with Gasteiger partial charge in [0.25, 0.3) is 0 Å². The molecule has 0 amide bonds. The average molecular weight is 270 g/mol. The van der Waals surface area contributed by atoms with Gasteiger partial charge in [-0.05, 0) is 57.7 Å². The first-order chi connectivity index (χ1) is 9.19. The van der Waals surface area contributed by atoms with Gasteiger partial charge in [0.15, 0.2) is 0 Å². The summed E-state index contributed by atoms with van der Waals surface area (Å²) >= 11 is 0. The van der Waals surface area contributed by atoms with Gasteiger partial charge in [-0.2, -0.15) is 0 Å². The summed E-state index contributed by atoms with van der Waals surface area (Å²) in [5.74, 6) is 0.913. The van der Waals surface area contributed by atoms with Gasteiger partial charge in [-0.3, -0.25) is 0 Å². The van der Waals surface area contributed by atoms with Crippen LogP contribution >= 0.6 is 0 Å². The highest BCUT2D eigenvalue weighted by Gasteiger charge is 2.26. The van der Waals surface area contributed by atoms with Crippen molar-refractivity contribution in [2.45, 2.75) is 64.8 Å². The first-order valence-corrected chi connectivity index (χ1v) is 8.28. The maximum absolute atomic E-state index is 9.65. The molecule has 1 fully saturated rings. The van der Waals surface area contributed by atoms with Crippen LogP contribution in [-0.2, 0) is 0 Å². The summed E-state index contributed by atoms with van der Waals surface area (Å²) in [6, 6.07) is 0. The second-order valence-corrected chi connectivity index (χ2v) is 6.14. The van der Waals surface area contributed by atoms with Crippen LogP contribution in [0.25, 0.3) is 0 Å². The number of hydrogen-bond acceptors (Lipinski definition) is 3. The molecule has 0 bridgehead atoms. The van der Waals surface area contributed by atoms with E-state index in [1.165, 1.54) is 45.3 Å². The molecule has 3 nitrogen and oxygen atoms in total. The number of piperidine rings is 1. The Labute approximate surface area is 119 Å². The summed E-state index contributed by atoms with van der Waals surface area (Å²) in [5.41, 5.74) is -0.0469. The summed E-state index contributed by atoms with van der Waals surface area (Å²) in [5, 5.41) is 13.1. The molecule has 1 aliphatic heterocycles. The van der Waals surface area contributed by atoms with Gasteiger partial charge in [-0.25, -0.2) is 0 Å². The topological polar surface area (TPSA) is 35.5 Å². The van der Waals surface area contributed by atoms with Gasteiger partial charge in [0, 0.05) is 12.1 Å². The van der Waals surface area contributed by atoms with Crippen molar-refractivity contribution in [3.05, 3.63) is 0 Å². The maximum Gasteiger partial charge on any atom is 0.0613 e. The molecule has 0 aromatic heterocycles. The molecule has 0 saturated carbocycles. The first-order valence-electron chi connectivity index (χ1n) is 8.28. The van der Waals surface area contributed by atoms with Gasteiger partial charge in [-0.1, -0.05) is 27.2 Å². The summed E-state index contributed by atoms with van der Waals surface area (Å²) in [4.78, 5) is 2.63. The molecule has 1 aliphatic rings. The Morgan fingerprint density at radius 1 is 1.32 bits per heavy atom. The lowest BCUT2D eigenvalue weighted by Gasteiger charge is -2.35. The predicted octanol–water partition coefficient (Wildman–Crippen LogP) is 2.64. The van der Waals surface area contributed by atoms with Crippen molar-refractivity contribution < 1.29 is 5.11 Å². The Morgan fingerprint density at radius 3 is 2.68 bits per heavy atom. The quantitative estimate of drug-likeness (QED) is 0.676. The van der Waals surface area contributed by atoms with Gasteiger partial charge in [0.1, 0.15) is 0 Å². The first kappa shape index (κ1) is 16.9. The van der Waals surface area contributed by atoms with Crippen LogP contribution in [0.2, 0.25) is 0 Å². The van der Waals surface area contributed by atoms with Crippen LogP contribution in [0.3, 0.4) is 0 Å². The number of hydrogen-bond donors (Lipinski definition) is 2. The lowest BCUT2D eigenvalue weighted by molar-refractivity contribution is 0.129. The van der Waals surface area contributed by atoms with E-state index in [9.17, 15) is 5.11 Å². The Bertz CT molecular complexity index is 229. The third kappa shape index (κ3) is 5.41. The van der Waals surface area contributed by atoms with Crippen molar-refractivity contribution in [3.8, 4) is 0 Å². The van der Waals surface area contributed by atoms with Crippen molar-refractivity contribution in [2.24, 2.45) is 5.92 Å². The second-order valence-electron chi connectivity index (χ2n) is 6.14. The SMILES string of the molecule is CCNC(CC)(CO)CCCN1CCCC(CC)C1. The molecule has 1 rings (SSSR count). The minimum absolute atomic E-state index is 0.0469.